The van der Waals surface area contributed by atoms with E-state index < -0.39 is 0 Å². The van der Waals surface area contributed by atoms with Gasteiger partial charge in [0.15, 0.2) is 0 Å². The molecule has 2 fully saturated rings. The first-order chi connectivity index (χ1) is 9.16. The molecule has 2 rings (SSSR count). The summed E-state index contributed by atoms with van der Waals surface area (Å²) in [5.74, 6) is 2.81. The lowest BCUT2D eigenvalue weighted by atomic mass is 9.89. The average Bonchev–Trinajstić information content (AvgIpc) is 2.65. The average molecular weight is 266 g/mol. The highest BCUT2D eigenvalue weighted by Crippen LogP contribution is 2.31. The Hall–Kier alpha value is -0.0800. The van der Waals surface area contributed by atoms with Gasteiger partial charge in [0, 0.05) is 12.6 Å². The molecule has 1 heterocycles. The summed E-state index contributed by atoms with van der Waals surface area (Å²) in [6.45, 7) is 8.61. The van der Waals surface area contributed by atoms with E-state index in [4.69, 9.17) is 0 Å². The van der Waals surface area contributed by atoms with E-state index in [0.29, 0.717) is 0 Å². The van der Waals surface area contributed by atoms with E-state index in [0.717, 1.165) is 23.8 Å². The van der Waals surface area contributed by atoms with Gasteiger partial charge in [0.25, 0.3) is 0 Å². The lowest BCUT2D eigenvalue weighted by Gasteiger charge is -2.32. The largest absolute Gasteiger partial charge is 0.317 e. The van der Waals surface area contributed by atoms with Gasteiger partial charge in [-0.3, -0.25) is 0 Å². The number of rotatable bonds is 4. The summed E-state index contributed by atoms with van der Waals surface area (Å²) >= 11 is 0. The Bertz CT molecular complexity index is 246. The molecular formula is C17H34N2. The highest BCUT2D eigenvalue weighted by molar-refractivity contribution is 4.80. The molecule has 1 saturated carbocycles. The van der Waals surface area contributed by atoms with Crippen molar-refractivity contribution in [3.8, 4) is 0 Å². The van der Waals surface area contributed by atoms with E-state index in [1.165, 1.54) is 64.6 Å². The van der Waals surface area contributed by atoms with Crippen LogP contribution in [0.5, 0.6) is 0 Å². The zero-order valence-corrected chi connectivity index (χ0v) is 13.3. The molecule has 0 spiro atoms. The zero-order chi connectivity index (χ0) is 13.7. The Morgan fingerprint density at radius 3 is 2.42 bits per heavy atom. The summed E-state index contributed by atoms with van der Waals surface area (Å²) in [5, 5.41) is 3.48. The first-order valence-corrected chi connectivity index (χ1v) is 8.57. The third kappa shape index (κ3) is 4.75. The monoisotopic (exact) mass is 266 g/mol. The Balaban J connectivity index is 1.77. The third-order valence-corrected chi connectivity index (χ3v) is 5.55. The Morgan fingerprint density at radius 1 is 1.00 bits per heavy atom. The van der Waals surface area contributed by atoms with Gasteiger partial charge in [0.2, 0.25) is 0 Å². The van der Waals surface area contributed by atoms with Crippen molar-refractivity contribution in [2.75, 3.05) is 26.7 Å². The van der Waals surface area contributed by atoms with E-state index in [-0.39, 0.29) is 0 Å². The molecule has 19 heavy (non-hydrogen) atoms. The van der Waals surface area contributed by atoms with Gasteiger partial charge < -0.3 is 10.2 Å². The molecule has 1 aliphatic heterocycles. The maximum Gasteiger partial charge on any atom is 0.00924 e. The fraction of sp³-hybridized carbons (Fsp3) is 1.00. The van der Waals surface area contributed by atoms with E-state index in [1.54, 1.807) is 0 Å². The minimum absolute atomic E-state index is 0.860. The topological polar surface area (TPSA) is 15.3 Å². The first kappa shape index (κ1) is 15.3. The number of piperidine rings is 1. The van der Waals surface area contributed by atoms with Crippen LogP contribution in [0.3, 0.4) is 0 Å². The van der Waals surface area contributed by atoms with Gasteiger partial charge in [0.05, 0.1) is 0 Å². The Kier molecular flexibility index (Phi) is 6.15. The van der Waals surface area contributed by atoms with Gasteiger partial charge in [0.1, 0.15) is 0 Å². The van der Waals surface area contributed by atoms with E-state index in [1.807, 2.05) is 0 Å². The van der Waals surface area contributed by atoms with Crippen LogP contribution in [0.4, 0.5) is 0 Å². The second kappa shape index (κ2) is 7.64. The van der Waals surface area contributed by atoms with Crippen LogP contribution in [0.1, 0.15) is 58.8 Å². The van der Waals surface area contributed by atoms with Crippen molar-refractivity contribution in [2.45, 2.75) is 64.8 Å². The van der Waals surface area contributed by atoms with E-state index in [2.05, 4.69) is 31.1 Å². The molecule has 1 aliphatic carbocycles. The van der Waals surface area contributed by atoms with Crippen LogP contribution in [0.2, 0.25) is 0 Å². The third-order valence-electron chi connectivity index (χ3n) is 5.55. The molecule has 2 aliphatic rings. The summed E-state index contributed by atoms with van der Waals surface area (Å²) in [5.41, 5.74) is 0. The lowest BCUT2D eigenvalue weighted by Crippen LogP contribution is -2.39. The number of nitrogens with one attached hydrogen (secondary N) is 1. The van der Waals surface area contributed by atoms with Crippen molar-refractivity contribution >= 4 is 0 Å². The van der Waals surface area contributed by atoms with Gasteiger partial charge in [-0.15, -0.1) is 0 Å². The van der Waals surface area contributed by atoms with Crippen molar-refractivity contribution in [3.63, 3.8) is 0 Å². The van der Waals surface area contributed by atoms with Gasteiger partial charge >= 0.3 is 0 Å². The zero-order valence-electron chi connectivity index (χ0n) is 13.3. The predicted molar refractivity (Wildman–Crippen MR) is 83.4 cm³/mol. The highest BCUT2D eigenvalue weighted by atomic mass is 15.1. The minimum atomic E-state index is 0.860. The van der Waals surface area contributed by atoms with Crippen molar-refractivity contribution < 1.29 is 0 Å². The molecule has 0 aromatic carbocycles. The molecule has 0 amide bonds. The smallest absolute Gasteiger partial charge is 0.00924 e. The van der Waals surface area contributed by atoms with Crippen LogP contribution in [0, 0.1) is 17.8 Å². The van der Waals surface area contributed by atoms with E-state index >= 15 is 0 Å². The standard InChI is InChI=1S/C17H34N2/c1-14(2)16-5-4-6-17(8-7-16)19(3)13-15-9-11-18-12-10-15/h14-18H,4-13H2,1-3H3. The molecule has 1 N–H and O–H groups in total. The highest BCUT2D eigenvalue weighted by Gasteiger charge is 2.25. The normalized spacial score (nSPS) is 30.8. The maximum absolute atomic E-state index is 3.48. The van der Waals surface area contributed by atoms with Crippen LogP contribution in [-0.4, -0.2) is 37.6 Å². The van der Waals surface area contributed by atoms with Crippen LogP contribution in [0.15, 0.2) is 0 Å². The summed E-state index contributed by atoms with van der Waals surface area (Å²) in [6.07, 6.45) is 10.0. The van der Waals surface area contributed by atoms with Gasteiger partial charge in [-0.05, 0) is 70.0 Å². The number of hydrogen-bond acceptors (Lipinski definition) is 2. The van der Waals surface area contributed by atoms with E-state index in [9.17, 15) is 0 Å². The second-order valence-corrected chi connectivity index (χ2v) is 7.30. The maximum atomic E-state index is 3.48. The minimum Gasteiger partial charge on any atom is -0.317 e. The van der Waals surface area contributed by atoms with Crippen LogP contribution < -0.4 is 5.32 Å². The number of hydrogen-bond donors (Lipinski definition) is 1. The quantitative estimate of drug-likeness (QED) is 0.783. The molecule has 2 unspecified atom stereocenters. The molecule has 2 heteroatoms. The molecule has 0 radical (unpaired) electrons. The SMILES string of the molecule is CC(C)C1CCCC(N(C)CC2CCNCC2)CC1. The predicted octanol–water partition coefficient (Wildman–Crippen LogP) is 3.52. The van der Waals surface area contributed by atoms with Crippen molar-refractivity contribution in [1.82, 2.24) is 10.2 Å². The fourth-order valence-corrected chi connectivity index (χ4v) is 4.04. The second-order valence-electron chi connectivity index (χ2n) is 7.30. The fourth-order valence-electron chi connectivity index (χ4n) is 4.04. The summed E-state index contributed by atoms with van der Waals surface area (Å²) < 4.78 is 0. The molecule has 0 aromatic heterocycles. The molecule has 2 nitrogen and oxygen atoms in total. The summed E-state index contributed by atoms with van der Waals surface area (Å²) in [6, 6.07) is 0.860. The molecule has 112 valence electrons. The van der Waals surface area contributed by atoms with Crippen molar-refractivity contribution in [2.24, 2.45) is 17.8 Å². The molecular weight excluding hydrogens is 232 g/mol. The van der Waals surface area contributed by atoms with Crippen LogP contribution in [-0.2, 0) is 0 Å². The molecule has 0 aromatic rings. The summed E-state index contributed by atoms with van der Waals surface area (Å²) in [7, 11) is 2.38. The van der Waals surface area contributed by atoms with Gasteiger partial charge in [-0.1, -0.05) is 26.7 Å². The molecule has 2 atom stereocenters. The van der Waals surface area contributed by atoms with Gasteiger partial charge in [-0.25, -0.2) is 0 Å². The van der Waals surface area contributed by atoms with Gasteiger partial charge in [-0.2, -0.15) is 0 Å². The molecule has 1 saturated heterocycles. The van der Waals surface area contributed by atoms with Crippen LogP contribution in [0.25, 0.3) is 0 Å². The Labute approximate surface area is 120 Å². The van der Waals surface area contributed by atoms with Crippen molar-refractivity contribution in [1.29, 1.82) is 0 Å². The lowest BCUT2D eigenvalue weighted by molar-refractivity contribution is 0.170. The number of nitrogens with zero attached hydrogens (tertiary/aromatic N) is 1. The Morgan fingerprint density at radius 2 is 1.74 bits per heavy atom. The molecule has 0 bridgehead atoms. The van der Waals surface area contributed by atoms with Crippen molar-refractivity contribution in [3.05, 3.63) is 0 Å². The summed E-state index contributed by atoms with van der Waals surface area (Å²) in [4.78, 5) is 2.69. The first-order valence-electron chi connectivity index (χ1n) is 8.57. The van der Waals surface area contributed by atoms with Crippen LogP contribution >= 0.6 is 0 Å².